The number of nitrogen functional groups attached to an aromatic ring is 1. The predicted molar refractivity (Wildman–Crippen MR) is 115 cm³/mol. The lowest BCUT2D eigenvalue weighted by atomic mass is 9.85. The van der Waals surface area contributed by atoms with Crippen LogP contribution in [0.25, 0.3) is 11.2 Å². The Bertz CT molecular complexity index is 1160. The SMILES string of the molecule is COc1nc(N)nc2c1ncn2CCOCP1(=O)OCc2cccc(C(C)(C)C)c2O1. The maximum Gasteiger partial charge on any atom is 0.405 e. The van der Waals surface area contributed by atoms with Crippen LogP contribution in [0.3, 0.4) is 0 Å². The van der Waals surface area contributed by atoms with E-state index in [4.69, 9.17) is 24.3 Å². The van der Waals surface area contributed by atoms with Crippen LogP contribution in [0.4, 0.5) is 5.95 Å². The van der Waals surface area contributed by atoms with Gasteiger partial charge in [-0.2, -0.15) is 9.97 Å². The Kier molecular flexibility index (Phi) is 5.63. The smallest absolute Gasteiger partial charge is 0.405 e. The van der Waals surface area contributed by atoms with Crippen molar-refractivity contribution in [2.75, 3.05) is 25.8 Å². The highest BCUT2D eigenvalue weighted by Gasteiger charge is 2.35. The molecular formula is C20H26N5O5P. The van der Waals surface area contributed by atoms with E-state index in [1.165, 1.54) is 7.11 Å². The molecule has 1 unspecified atom stereocenters. The summed E-state index contributed by atoms with van der Waals surface area (Å²) in [6.45, 7) is 7.15. The summed E-state index contributed by atoms with van der Waals surface area (Å²) >= 11 is 0. The molecular weight excluding hydrogens is 421 g/mol. The van der Waals surface area contributed by atoms with E-state index in [2.05, 4.69) is 35.7 Å². The van der Waals surface area contributed by atoms with E-state index in [1.54, 1.807) is 10.9 Å². The fourth-order valence-corrected chi connectivity index (χ4v) is 4.74. The number of rotatable bonds is 6. The molecule has 166 valence electrons. The Balaban J connectivity index is 1.42. The first-order valence-corrected chi connectivity index (χ1v) is 11.6. The van der Waals surface area contributed by atoms with Crippen LogP contribution in [0.5, 0.6) is 11.6 Å². The minimum atomic E-state index is -3.43. The first-order valence-electron chi connectivity index (χ1n) is 9.86. The zero-order chi connectivity index (χ0) is 22.2. The summed E-state index contributed by atoms with van der Waals surface area (Å²) in [6.07, 6.45) is 1.45. The van der Waals surface area contributed by atoms with Crippen molar-refractivity contribution in [3.8, 4) is 11.6 Å². The number of nitrogens with zero attached hydrogens (tertiary/aromatic N) is 4. The summed E-state index contributed by atoms with van der Waals surface area (Å²) in [5, 5.41) is 0. The Morgan fingerprint density at radius 3 is 2.84 bits per heavy atom. The molecule has 1 atom stereocenters. The molecule has 4 rings (SSSR count). The van der Waals surface area contributed by atoms with E-state index >= 15 is 0 Å². The number of aromatic nitrogens is 4. The van der Waals surface area contributed by atoms with Crippen molar-refractivity contribution in [2.45, 2.75) is 39.3 Å². The van der Waals surface area contributed by atoms with E-state index in [-0.39, 0.29) is 30.9 Å². The molecule has 2 N–H and O–H groups in total. The standard InChI is InChI=1S/C20H26N5O5P/c1-20(2,3)14-7-5-6-13-10-29-31(26,30-16(13)14)12-28-9-8-25-11-22-15-17(25)23-19(21)24-18(15)27-4/h5-7,11H,8-10,12H2,1-4H3,(H2,21,23,24). The van der Waals surface area contributed by atoms with E-state index in [1.807, 2.05) is 18.2 Å². The highest BCUT2D eigenvalue weighted by atomic mass is 31.2. The molecule has 0 radical (unpaired) electrons. The average molecular weight is 447 g/mol. The summed E-state index contributed by atoms with van der Waals surface area (Å²) in [5.74, 6) is 1.03. The largest absolute Gasteiger partial charge is 0.479 e. The van der Waals surface area contributed by atoms with Crippen molar-refractivity contribution in [3.63, 3.8) is 0 Å². The first kappa shape index (κ1) is 21.5. The Morgan fingerprint density at radius 2 is 2.10 bits per heavy atom. The lowest BCUT2D eigenvalue weighted by Gasteiger charge is -2.31. The van der Waals surface area contributed by atoms with Crippen LogP contribution < -0.4 is 15.0 Å². The quantitative estimate of drug-likeness (QED) is 0.447. The van der Waals surface area contributed by atoms with Crippen molar-refractivity contribution < 1.29 is 23.1 Å². The molecule has 3 heterocycles. The summed E-state index contributed by atoms with van der Waals surface area (Å²) in [7, 11) is -1.94. The molecule has 0 bridgehead atoms. The number of hydrogen-bond acceptors (Lipinski definition) is 9. The van der Waals surface area contributed by atoms with Crippen molar-refractivity contribution in [1.82, 2.24) is 19.5 Å². The van der Waals surface area contributed by atoms with Gasteiger partial charge in [0.2, 0.25) is 11.8 Å². The molecule has 0 amide bonds. The number of fused-ring (bicyclic) bond motifs is 2. The molecule has 31 heavy (non-hydrogen) atoms. The molecule has 0 fully saturated rings. The van der Waals surface area contributed by atoms with Crippen LogP contribution in [0, 0.1) is 0 Å². The highest BCUT2D eigenvalue weighted by Crippen LogP contribution is 2.55. The highest BCUT2D eigenvalue weighted by molar-refractivity contribution is 7.54. The molecule has 1 aliphatic rings. The second-order valence-corrected chi connectivity index (χ2v) is 10.2. The molecule has 1 aliphatic heterocycles. The molecule has 0 saturated carbocycles. The molecule has 3 aromatic rings. The predicted octanol–water partition coefficient (Wildman–Crippen LogP) is 3.49. The third-order valence-electron chi connectivity index (χ3n) is 4.92. The maximum absolute atomic E-state index is 13.1. The monoisotopic (exact) mass is 447 g/mol. The van der Waals surface area contributed by atoms with Gasteiger partial charge in [-0.05, 0) is 5.41 Å². The molecule has 0 saturated heterocycles. The van der Waals surface area contributed by atoms with Crippen LogP contribution in [0.15, 0.2) is 24.5 Å². The van der Waals surface area contributed by atoms with Crippen molar-refractivity contribution in [3.05, 3.63) is 35.7 Å². The number of imidazole rings is 1. The first-order chi connectivity index (χ1) is 14.7. The van der Waals surface area contributed by atoms with Gasteiger partial charge in [-0.3, -0.25) is 4.52 Å². The van der Waals surface area contributed by atoms with Gasteiger partial charge in [0.25, 0.3) is 0 Å². The van der Waals surface area contributed by atoms with Gasteiger partial charge < -0.3 is 24.3 Å². The average Bonchev–Trinajstić information content (AvgIpc) is 3.12. The van der Waals surface area contributed by atoms with Gasteiger partial charge in [0.05, 0.1) is 26.7 Å². The third-order valence-corrected chi connectivity index (χ3v) is 6.40. The van der Waals surface area contributed by atoms with Crippen LogP contribution in [-0.4, -0.2) is 39.6 Å². The lowest BCUT2D eigenvalue weighted by Crippen LogP contribution is -2.19. The summed E-state index contributed by atoms with van der Waals surface area (Å²) in [5.41, 5.74) is 8.50. The number of hydrogen-bond donors (Lipinski definition) is 1. The van der Waals surface area contributed by atoms with Gasteiger partial charge in [0.1, 0.15) is 5.75 Å². The topological polar surface area (TPSA) is 124 Å². The number of nitrogens with two attached hydrogens (primary N) is 1. The van der Waals surface area contributed by atoms with Crippen molar-refractivity contribution >= 4 is 24.7 Å². The molecule has 2 aromatic heterocycles. The number of para-hydroxylation sites is 1. The fourth-order valence-electron chi connectivity index (χ4n) is 3.37. The van der Waals surface area contributed by atoms with Gasteiger partial charge in [-0.1, -0.05) is 39.0 Å². The van der Waals surface area contributed by atoms with Gasteiger partial charge in [0.15, 0.2) is 17.5 Å². The second-order valence-electron chi connectivity index (χ2n) is 8.26. The Morgan fingerprint density at radius 1 is 1.29 bits per heavy atom. The Labute approximate surface area is 180 Å². The maximum atomic E-state index is 13.1. The lowest BCUT2D eigenvalue weighted by molar-refractivity contribution is 0.132. The van der Waals surface area contributed by atoms with E-state index in [9.17, 15) is 4.57 Å². The molecule has 1 aromatic carbocycles. The van der Waals surface area contributed by atoms with Crippen molar-refractivity contribution in [1.29, 1.82) is 0 Å². The van der Waals surface area contributed by atoms with Crippen LogP contribution in [0.2, 0.25) is 0 Å². The molecule has 0 spiro atoms. The zero-order valence-corrected chi connectivity index (χ0v) is 18.9. The van der Waals surface area contributed by atoms with Gasteiger partial charge in [-0.15, -0.1) is 0 Å². The minimum absolute atomic E-state index is 0.0915. The van der Waals surface area contributed by atoms with Gasteiger partial charge in [0, 0.05) is 17.7 Å². The number of anilines is 1. The summed E-state index contributed by atoms with van der Waals surface area (Å²) < 4.78 is 37.2. The van der Waals surface area contributed by atoms with Crippen LogP contribution >= 0.6 is 7.60 Å². The van der Waals surface area contributed by atoms with Gasteiger partial charge >= 0.3 is 7.60 Å². The molecule has 0 aliphatic carbocycles. The number of benzene rings is 1. The second kappa shape index (κ2) is 8.11. The van der Waals surface area contributed by atoms with E-state index < -0.39 is 7.60 Å². The van der Waals surface area contributed by atoms with Crippen LogP contribution in [0.1, 0.15) is 31.9 Å². The van der Waals surface area contributed by atoms with Gasteiger partial charge in [-0.25, -0.2) is 9.55 Å². The summed E-state index contributed by atoms with van der Waals surface area (Å²) in [4.78, 5) is 12.5. The molecule has 11 heteroatoms. The van der Waals surface area contributed by atoms with Crippen LogP contribution in [-0.2, 0) is 32.4 Å². The third kappa shape index (κ3) is 4.37. The minimum Gasteiger partial charge on any atom is -0.479 e. The number of methoxy groups -OCH3 is 1. The normalized spacial score (nSPS) is 18.6. The number of ether oxygens (including phenoxy) is 2. The fraction of sp³-hybridized carbons (Fsp3) is 0.450. The van der Waals surface area contributed by atoms with Crippen molar-refractivity contribution in [2.24, 2.45) is 0 Å². The van der Waals surface area contributed by atoms with E-state index in [0.717, 1.165) is 11.1 Å². The molecule has 10 nitrogen and oxygen atoms in total. The zero-order valence-electron chi connectivity index (χ0n) is 18.0. The Hall–Kier alpha value is -2.68. The summed E-state index contributed by atoms with van der Waals surface area (Å²) in [6, 6.07) is 5.86. The van der Waals surface area contributed by atoms with E-state index in [0.29, 0.717) is 29.3 Å².